The van der Waals surface area contributed by atoms with Crippen molar-refractivity contribution in [2.75, 3.05) is 13.2 Å². The zero-order valence-electron chi connectivity index (χ0n) is 56.8. The van der Waals surface area contributed by atoms with E-state index >= 15 is 0 Å². The van der Waals surface area contributed by atoms with Crippen LogP contribution < -0.4 is 5.32 Å². The second-order valence-corrected chi connectivity index (χ2v) is 25.7. The van der Waals surface area contributed by atoms with Crippen LogP contribution in [0.4, 0.5) is 0 Å². The lowest BCUT2D eigenvalue weighted by Gasteiger charge is -2.40. The summed E-state index contributed by atoms with van der Waals surface area (Å²) in [4.78, 5) is 13.1. The molecule has 0 aromatic heterocycles. The van der Waals surface area contributed by atoms with Gasteiger partial charge in [-0.05, 0) is 83.5 Å². The summed E-state index contributed by atoms with van der Waals surface area (Å²) in [5.74, 6) is -0.186. The van der Waals surface area contributed by atoms with E-state index in [4.69, 9.17) is 9.47 Å². The van der Waals surface area contributed by atoms with Crippen molar-refractivity contribution in [2.45, 2.75) is 391 Å². The van der Waals surface area contributed by atoms with Crippen LogP contribution in [0.2, 0.25) is 0 Å². The van der Waals surface area contributed by atoms with Gasteiger partial charge in [-0.3, -0.25) is 4.79 Å². The predicted molar refractivity (Wildman–Crippen MR) is 373 cm³/mol. The van der Waals surface area contributed by atoms with Crippen LogP contribution in [0.1, 0.15) is 348 Å². The molecule has 9 heteroatoms. The summed E-state index contributed by atoms with van der Waals surface area (Å²) in [6.45, 7) is 3.69. The highest BCUT2D eigenvalue weighted by molar-refractivity contribution is 5.76. The average molecular weight is 1220 g/mol. The van der Waals surface area contributed by atoms with Crippen LogP contribution in [0.3, 0.4) is 0 Å². The van der Waals surface area contributed by atoms with Gasteiger partial charge in [0, 0.05) is 6.42 Å². The monoisotopic (exact) mass is 1220 g/mol. The summed E-state index contributed by atoms with van der Waals surface area (Å²) in [6, 6.07) is -0.832. The van der Waals surface area contributed by atoms with Gasteiger partial charge in [0.1, 0.15) is 24.4 Å². The van der Waals surface area contributed by atoms with Crippen molar-refractivity contribution in [1.29, 1.82) is 0 Å². The summed E-state index contributed by atoms with van der Waals surface area (Å²) in [7, 11) is 0. The maximum Gasteiger partial charge on any atom is 0.220 e. The molecular weight excluding hydrogens is 1080 g/mol. The van der Waals surface area contributed by atoms with Gasteiger partial charge in [-0.1, -0.05) is 343 Å². The van der Waals surface area contributed by atoms with E-state index in [1.54, 1.807) is 6.08 Å². The minimum absolute atomic E-state index is 0.186. The SMILES string of the molecule is CC/C=C\C/C=C\C/C=C\C/C=C\CCCCCCCCCCCCCCCCCCCCCCCCCCC(=O)NC(COC1OC(CO)C(O)C(O)C1O)C(O)/C=C/CC/C=C/CC/C=C/CCCCCCCCCCCCCCCCCCC. The molecule has 1 aliphatic heterocycles. The Labute approximate surface area is 537 Å². The second-order valence-electron chi connectivity index (χ2n) is 25.7. The van der Waals surface area contributed by atoms with Crippen molar-refractivity contribution in [3.63, 3.8) is 0 Å². The number of rotatable bonds is 65. The van der Waals surface area contributed by atoms with E-state index in [1.165, 1.54) is 257 Å². The summed E-state index contributed by atoms with van der Waals surface area (Å²) in [5, 5.41) is 54.8. The fourth-order valence-corrected chi connectivity index (χ4v) is 11.7. The molecule has 0 radical (unpaired) electrons. The van der Waals surface area contributed by atoms with Gasteiger partial charge >= 0.3 is 0 Å². The predicted octanol–water partition coefficient (Wildman–Crippen LogP) is 20.9. The number of hydrogen-bond donors (Lipinski definition) is 6. The van der Waals surface area contributed by atoms with Crippen molar-refractivity contribution in [2.24, 2.45) is 0 Å². The van der Waals surface area contributed by atoms with Gasteiger partial charge in [0.05, 0.1) is 25.4 Å². The summed E-state index contributed by atoms with van der Waals surface area (Å²) < 4.78 is 11.3. The molecular formula is C78H141NO8. The Kier molecular flexibility index (Phi) is 62.8. The van der Waals surface area contributed by atoms with Crippen molar-refractivity contribution in [3.8, 4) is 0 Å². The summed E-state index contributed by atoms with van der Waals surface area (Å²) >= 11 is 0. The summed E-state index contributed by atoms with van der Waals surface area (Å²) in [5.41, 5.74) is 0. The van der Waals surface area contributed by atoms with Crippen LogP contribution in [0, 0.1) is 0 Å². The molecule has 9 nitrogen and oxygen atoms in total. The number of ether oxygens (including phenoxy) is 2. The maximum atomic E-state index is 13.1. The zero-order chi connectivity index (χ0) is 62.8. The molecule has 1 heterocycles. The molecule has 1 saturated heterocycles. The van der Waals surface area contributed by atoms with Crippen molar-refractivity contribution >= 4 is 5.91 Å². The topological polar surface area (TPSA) is 149 Å². The number of allylic oxidation sites excluding steroid dienone is 13. The highest BCUT2D eigenvalue weighted by Crippen LogP contribution is 2.23. The first-order chi connectivity index (χ1) is 42.8. The van der Waals surface area contributed by atoms with E-state index in [1.807, 2.05) is 6.08 Å². The highest BCUT2D eigenvalue weighted by atomic mass is 16.7. The molecule has 506 valence electrons. The van der Waals surface area contributed by atoms with Gasteiger partial charge in [-0.15, -0.1) is 0 Å². The van der Waals surface area contributed by atoms with E-state index in [2.05, 4.69) is 92.1 Å². The number of amides is 1. The number of unbranched alkanes of at least 4 members (excludes halogenated alkanes) is 43. The van der Waals surface area contributed by atoms with Gasteiger partial charge in [0.15, 0.2) is 6.29 Å². The standard InChI is InChI=1S/C78H141NO8/c1-3-5-7-9-11-13-15-17-19-21-23-25-27-29-31-32-33-34-35-36-37-38-39-40-42-44-46-48-50-52-54-56-58-60-62-64-66-68-74(82)79-71(70-86-78-77(85)76(84)75(83)73(69-80)87-78)72(81)67-65-63-61-59-57-55-53-51-49-47-45-43-41-30-28-26-24-22-20-18-16-14-12-10-8-6-4-2/h5,7,11,13,17,19,23,25,49,51,57,59,65,67,71-73,75-78,80-81,83-85H,3-4,6,8-10,12,14-16,18,20-22,24,26-48,50,52-56,58,60-64,66,68-70H2,1-2H3,(H,79,82)/b7-5-,13-11-,19-17-,25-23-,51-49+,59-57+,67-65+. The third-order valence-corrected chi connectivity index (χ3v) is 17.4. The van der Waals surface area contributed by atoms with Crippen molar-refractivity contribution in [3.05, 3.63) is 85.1 Å². The molecule has 0 aliphatic carbocycles. The largest absolute Gasteiger partial charge is 0.394 e. The van der Waals surface area contributed by atoms with Gasteiger partial charge in [-0.25, -0.2) is 0 Å². The third-order valence-electron chi connectivity index (χ3n) is 17.4. The lowest BCUT2D eigenvalue weighted by molar-refractivity contribution is -0.302. The van der Waals surface area contributed by atoms with Crippen LogP contribution in [0.5, 0.6) is 0 Å². The molecule has 7 atom stereocenters. The maximum absolute atomic E-state index is 13.1. The van der Waals surface area contributed by atoms with E-state index in [0.29, 0.717) is 6.42 Å². The van der Waals surface area contributed by atoms with Crippen LogP contribution in [-0.2, 0) is 14.3 Å². The Morgan fingerprint density at radius 1 is 0.402 bits per heavy atom. The number of carbonyl (C=O) groups excluding carboxylic acids is 1. The molecule has 0 bridgehead atoms. The molecule has 1 amide bonds. The van der Waals surface area contributed by atoms with E-state index in [9.17, 15) is 30.3 Å². The lowest BCUT2D eigenvalue weighted by Crippen LogP contribution is -2.60. The zero-order valence-corrected chi connectivity index (χ0v) is 56.8. The smallest absolute Gasteiger partial charge is 0.220 e. The Morgan fingerprint density at radius 3 is 1.10 bits per heavy atom. The normalized spacial score (nSPS) is 18.4. The molecule has 87 heavy (non-hydrogen) atoms. The molecule has 0 aromatic carbocycles. The average Bonchev–Trinajstić information content (AvgIpc) is 3.37. The molecule has 1 fully saturated rings. The van der Waals surface area contributed by atoms with Crippen LogP contribution in [0.25, 0.3) is 0 Å². The Balaban J connectivity index is 2.11. The molecule has 0 saturated carbocycles. The highest BCUT2D eigenvalue weighted by Gasteiger charge is 2.44. The van der Waals surface area contributed by atoms with Crippen molar-refractivity contribution in [1.82, 2.24) is 5.32 Å². The minimum atomic E-state index is -1.58. The van der Waals surface area contributed by atoms with E-state index < -0.39 is 49.5 Å². The molecule has 1 rings (SSSR count). The van der Waals surface area contributed by atoms with Crippen LogP contribution >= 0.6 is 0 Å². The Bertz CT molecular complexity index is 1650. The Hall–Kier alpha value is -2.63. The Morgan fingerprint density at radius 2 is 0.724 bits per heavy atom. The first-order valence-electron chi connectivity index (χ1n) is 37.3. The quantitative estimate of drug-likeness (QED) is 0.0261. The van der Waals surface area contributed by atoms with Gasteiger partial charge in [-0.2, -0.15) is 0 Å². The van der Waals surface area contributed by atoms with Crippen LogP contribution in [-0.4, -0.2) is 87.5 Å². The lowest BCUT2D eigenvalue weighted by atomic mass is 9.99. The van der Waals surface area contributed by atoms with Crippen molar-refractivity contribution < 1.29 is 39.8 Å². The fourth-order valence-electron chi connectivity index (χ4n) is 11.7. The van der Waals surface area contributed by atoms with E-state index in [0.717, 1.165) is 70.6 Å². The first kappa shape index (κ1) is 82.4. The number of aliphatic hydroxyl groups is 5. The van der Waals surface area contributed by atoms with E-state index in [-0.39, 0.29) is 12.5 Å². The van der Waals surface area contributed by atoms with Gasteiger partial charge < -0.3 is 40.3 Å². The molecule has 6 N–H and O–H groups in total. The number of hydrogen-bond acceptors (Lipinski definition) is 8. The minimum Gasteiger partial charge on any atom is -0.394 e. The van der Waals surface area contributed by atoms with Gasteiger partial charge in [0.25, 0.3) is 0 Å². The number of carbonyl (C=O) groups is 1. The first-order valence-corrected chi connectivity index (χ1v) is 37.3. The van der Waals surface area contributed by atoms with Gasteiger partial charge in [0.2, 0.25) is 5.91 Å². The van der Waals surface area contributed by atoms with Crippen LogP contribution in [0.15, 0.2) is 85.1 Å². The number of nitrogens with one attached hydrogen (secondary N) is 1. The number of aliphatic hydroxyl groups excluding tert-OH is 5. The molecule has 1 aliphatic rings. The molecule has 7 unspecified atom stereocenters. The molecule has 0 aromatic rings. The molecule has 0 spiro atoms. The summed E-state index contributed by atoms with van der Waals surface area (Å²) in [6.07, 6.45) is 88.6. The fraction of sp³-hybridized carbons (Fsp3) is 0.808. The second kappa shape index (κ2) is 66.3. The third kappa shape index (κ3) is 54.8.